The quantitative estimate of drug-likeness (QED) is 0.848. The van der Waals surface area contributed by atoms with E-state index in [1.807, 2.05) is 0 Å². The van der Waals surface area contributed by atoms with Gasteiger partial charge in [0.1, 0.15) is 0 Å². The van der Waals surface area contributed by atoms with Crippen LogP contribution in [0.25, 0.3) is 0 Å². The SMILES string of the molecule is O=C(O)c1ccc(S(=O)(=O)N(Cl)Cl)cc1. The Morgan fingerprint density at radius 3 is 2.00 bits per heavy atom. The second kappa shape index (κ2) is 4.36. The molecule has 5 nitrogen and oxygen atoms in total. The number of nitrogens with zero attached hydrogens (tertiary/aromatic N) is 1. The Bertz CT molecular complexity index is 468. The summed E-state index contributed by atoms with van der Waals surface area (Å²) in [6.07, 6.45) is 0. The third-order valence-corrected chi connectivity index (χ3v) is 3.90. The van der Waals surface area contributed by atoms with Crippen LogP contribution in [-0.4, -0.2) is 22.8 Å². The summed E-state index contributed by atoms with van der Waals surface area (Å²) in [4.78, 5) is 10.3. The van der Waals surface area contributed by atoms with Crippen LogP contribution >= 0.6 is 23.6 Å². The maximum atomic E-state index is 11.3. The Labute approximate surface area is 96.1 Å². The van der Waals surface area contributed by atoms with Gasteiger partial charge in [-0.2, -0.15) is 0 Å². The number of carboxylic acids is 1. The number of sulfonamides is 1. The second-order valence-electron chi connectivity index (χ2n) is 2.51. The molecule has 15 heavy (non-hydrogen) atoms. The third kappa shape index (κ3) is 2.60. The molecule has 1 rings (SSSR count). The van der Waals surface area contributed by atoms with Gasteiger partial charge in [0.2, 0.25) is 0 Å². The van der Waals surface area contributed by atoms with E-state index >= 15 is 0 Å². The van der Waals surface area contributed by atoms with Crippen LogP contribution in [0.15, 0.2) is 29.2 Å². The highest BCUT2D eigenvalue weighted by Crippen LogP contribution is 2.19. The first kappa shape index (κ1) is 12.3. The molecule has 1 aromatic carbocycles. The molecule has 0 aliphatic heterocycles. The van der Waals surface area contributed by atoms with Gasteiger partial charge in [0.15, 0.2) is 0 Å². The predicted octanol–water partition coefficient (Wildman–Crippen LogP) is 1.68. The van der Waals surface area contributed by atoms with Gasteiger partial charge >= 0.3 is 5.97 Å². The smallest absolute Gasteiger partial charge is 0.335 e. The zero-order chi connectivity index (χ0) is 11.6. The number of carbonyl (C=O) groups is 1. The minimum absolute atomic E-state index is 0.0166. The number of benzene rings is 1. The van der Waals surface area contributed by atoms with Crippen molar-refractivity contribution in [2.24, 2.45) is 0 Å². The van der Waals surface area contributed by atoms with Gasteiger partial charge in [0.25, 0.3) is 10.0 Å². The molecular formula is C7H5Cl2NO4S. The van der Waals surface area contributed by atoms with Crippen molar-refractivity contribution in [3.63, 3.8) is 0 Å². The summed E-state index contributed by atoms with van der Waals surface area (Å²) in [6.45, 7) is 0. The number of aromatic carboxylic acids is 1. The topological polar surface area (TPSA) is 74.7 Å². The molecule has 1 N–H and O–H groups in total. The summed E-state index contributed by atoms with van der Waals surface area (Å²) in [7, 11) is -3.95. The van der Waals surface area contributed by atoms with Crippen LogP contribution in [0.5, 0.6) is 0 Å². The molecule has 0 bridgehead atoms. The highest BCUT2D eigenvalue weighted by molar-refractivity contribution is 7.91. The van der Waals surface area contributed by atoms with E-state index in [1.54, 1.807) is 0 Å². The highest BCUT2D eigenvalue weighted by atomic mass is 35.5. The molecule has 0 aromatic heterocycles. The normalized spacial score (nSPS) is 11.7. The van der Waals surface area contributed by atoms with Gasteiger partial charge in [0.05, 0.1) is 10.5 Å². The van der Waals surface area contributed by atoms with Gasteiger partial charge in [-0.1, -0.05) is 0 Å². The molecule has 0 radical (unpaired) electrons. The summed E-state index contributed by atoms with van der Waals surface area (Å²) in [5, 5.41) is 8.58. The number of rotatable bonds is 3. The van der Waals surface area contributed by atoms with E-state index in [9.17, 15) is 13.2 Å². The summed E-state index contributed by atoms with van der Waals surface area (Å²) in [5.41, 5.74) is -0.0235. The Hall–Kier alpha value is -0.820. The number of hydrogen-bond donors (Lipinski definition) is 1. The van der Waals surface area contributed by atoms with E-state index < -0.39 is 16.0 Å². The van der Waals surface area contributed by atoms with Gasteiger partial charge in [0, 0.05) is 23.6 Å². The molecule has 0 amide bonds. The van der Waals surface area contributed by atoms with Crippen molar-refractivity contribution in [3.05, 3.63) is 29.8 Å². The first-order valence-corrected chi connectivity index (χ1v) is 5.67. The summed E-state index contributed by atoms with van der Waals surface area (Å²) >= 11 is 10.2. The standard InChI is InChI=1S/C7H5Cl2NO4S/c8-10(9)15(13,14)6-3-1-5(2-4-6)7(11)12/h1-4H,(H,11,12). The van der Waals surface area contributed by atoms with Crippen LogP contribution in [0.1, 0.15) is 10.4 Å². The highest BCUT2D eigenvalue weighted by Gasteiger charge is 2.21. The molecule has 0 heterocycles. The fourth-order valence-electron chi connectivity index (χ4n) is 0.849. The molecule has 0 saturated carbocycles. The van der Waals surface area contributed by atoms with Crippen molar-refractivity contribution < 1.29 is 18.3 Å². The van der Waals surface area contributed by atoms with Crippen molar-refractivity contribution in [1.29, 1.82) is 0 Å². The molecule has 0 spiro atoms. The Kier molecular flexibility index (Phi) is 3.56. The van der Waals surface area contributed by atoms with Crippen LogP contribution in [0, 0.1) is 0 Å². The maximum absolute atomic E-state index is 11.3. The van der Waals surface area contributed by atoms with Crippen molar-refractivity contribution >= 4 is 39.5 Å². The lowest BCUT2D eigenvalue weighted by atomic mass is 10.2. The number of halogens is 2. The molecule has 82 valence electrons. The fourth-order valence-corrected chi connectivity index (χ4v) is 1.97. The zero-order valence-corrected chi connectivity index (χ0v) is 9.42. The first-order chi connectivity index (χ1) is 6.85. The van der Waals surface area contributed by atoms with Crippen LogP contribution < -0.4 is 0 Å². The predicted molar refractivity (Wildman–Crippen MR) is 54.1 cm³/mol. The summed E-state index contributed by atoms with van der Waals surface area (Å²) < 4.78 is 22.7. The zero-order valence-electron chi connectivity index (χ0n) is 7.09. The largest absolute Gasteiger partial charge is 0.478 e. The lowest BCUT2D eigenvalue weighted by molar-refractivity contribution is 0.0697. The van der Waals surface area contributed by atoms with Gasteiger partial charge in [-0.15, -0.1) is 0 Å². The van der Waals surface area contributed by atoms with E-state index in [2.05, 4.69) is 0 Å². The number of carboxylic acid groups (broad SMARTS) is 1. The first-order valence-electron chi connectivity index (χ1n) is 3.56. The monoisotopic (exact) mass is 269 g/mol. The number of hydrogen-bond acceptors (Lipinski definition) is 3. The average Bonchev–Trinajstić information content (AvgIpc) is 2.17. The molecule has 8 heteroatoms. The molecule has 0 aliphatic rings. The minimum atomic E-state index is -3.95. The molecule has 0 unspecified atom stereocenters. The lowest BCUT2D eigenvalue weighted by Crippen LogP contribution is -2.12. The van der Waals surface area contributed by atoms with E-state index in [0.29, 0.717) is 0 Å². The van der Waals surface area contributed by atoms with Gasteiger partial charge in [-0.25, -0.2) is 13.2 Å². The fraction of sp³-hybridized carbons (Fsp3) is 0. The maximum Gasteiger partial charge on any atom is 0.335 e. The van der Waals surface area contributed by atoms with Crippen molar-refractivity contribution in [3.8, 4) is 0 Å². The molecular weight excluding hydrogens is 265 g/mol. The van der Waals surface area contributed by atoms with E-state index in [1.165, 1.54) is 0 Å². The molecule has 0 atom stereocenters. The minimum Gasteiger partial charge on any atom is -0.478 e. The summed E-state index contributed by atoms with van der Waals surface area (Å²) in [5.74, 6) is -1.15. The lowest BCUT2D eigenvalue weighted by Gasteiger charge is -2.05. The van der Waals surface area contributed by atoms with Gasteiger partial charge < -0.3 is 5.11 Å². The Balaban J connectivity index is 3.15. The van der Waals surface area contributed by atoms with Crippen LogP contribution in [0.4, 0.5) is 0 Å². The van der Waals surface area contributed by atoms with Crippen LogP contribution in [0.2, 0.25) is 0 Å². The van der Waals surface area contributed by atoms with Crippen LogP contribution in [-0.2, 0) is 10.0 Å². The summed E-state index contributed by atoms with van der Waals surface area (Å²) in [6, 6.07) is 4.51. The van der Waals surface area contributed by atoms with Crippen LogP contribution in [0.3, 0.4) is 0 Å². The van der Waals surface area contributed by atoms with Crippen molar-refractivity contribution in [1.82, 2.24) is 3.34 Å². The average molecular weight is 270 g/mol. The molecule has 0 fully saturated rings. The van der Waals surface area contributed by atoms with E-state index in [4.69, 9.17) is 28.7 Å². The molecule has 1 aromatic rings. The van der Waals surface area contributed by atoms with Crippen molar-refractivity contribution in [2.75, 3.05) is 0 Å². The Morgan fingerprint density at radius 1 is 1.20 bits per heavy atom. The van der Waals surface area contributed by atoms with Gasteiger partial charge in [-0.3, -0.25) is 0 Å². The third-order valence-electron chi connectivity index (χ3n) is 1.58. The molecule has 0 saturated heterocycles. The van der Waals surface area contributed by atoms with Gasteiger partial charge in [-0.05, 0) is 27.6 Å². The van der Waals surface area contributed by atoms with Crippen molar-refractivity contribution in [2.45, 2.75) is 4.90 Å². The van der Waals surface area contributed by atoms with E-state index in [-0.39, 0.29) is 13.8 Å². The van der Waals surface area contributed by atoms with E-state index in [0.717, 1.165) is 24.3 Å². The second-order valence-corrected chi connectivity index (χ2v) is 5.54. The Morgan fingerprint density at radius 2 is 1.67 bits per heavy atom. The molecule has 0 aliphatic carbocycles.